The maximum Gasteiger partial charge on any atom is 0.255 e. The van der Waals surface area contributed by atoms with Crippen molar-refractivity contribution in [2.45, 2.75) is 13.5 Å². The molecule has 0 aliphatic carbocycles. The Kier molecular flexibility index (Phi) is 6.54. The van der Waals surface area contributed by atoms with Crippen LogP contribution in [0.5, 0.6) is 0 Å². The first-order valence-corrected chi connectivity index (χ1v) is 10.8. The Morgan fingerprint density at radius 2 is 1.71 bits per heavy atom. The number of benzene rings is 3. The molecule has 0 aliphatic heterocycles. The van der Waals surface area contributed by atoms with E-state index in [0.29, 0.717) is 29.1 Å². The highest BCUT2D eigenvalue weighted by Crippen LogP contribution is 2.25. The van der Waals surface area contributed by atoms with Gasteiger partial charge in [-0.05, 0) is 55.0 Å². The van der Waals surface area contributed by atoms with Crippen molar-refractivity contribution in [3.63, 3.8) is 0 Å². The van der Waals surface area contributed by atoms with E-state index < -0.39 is 0 Å². The van der Waals surface area contributed by atoms with Crippen LogP contribution in [0.4, 0.5) is 4.39 Å². The molecule has 1 aromatic heterocycles. The third-order valence-electron chi connectivity index (χ3n) is 5.40. The van der Waals surface area contributed by atoms with E-state index in [1.807, 2.05) is 43.3 Å². The number of amides is 2. The van der Waals surface area contributed by atoms with Gasteiger partial charge in [0.1, 0.15) is 11.5 Å². The van der Waals surface area contributed by atoms with Crippen LogP contribution in [0.25, 0.3) is 16.9 Å². The Morgan fingerprint density at radius 1 is 1.00 bits per heavy atom. The van der Waals surface area contributed by atoms with Gasteiger partial charge in [-0.1, -0.05) is 35.9 Å². The van der Waals surface area contributed by atoms with Crippen molar-refractivity contribution < 1.29 is 14.0 Å². The molecule has 0 bridgehead atoms. The highest BCUT2D eigenvalue weighted by molar-refractivity contribution is 6.00. The van der Waals surface area contributed by atoms with E-state index in [0.717, 1.165) is 16.7 Å². The minimum absolute atomic E-state index is 0.0772. The average Bonchev–Trinajstić information content (AvgIpc) is 3.28. The number of hydrogen-bond donors (Lipinski definition) is 1. The molecule has 7 heteroatoms. The molecule has 0 unspecified atom stereocenters. The predicted molar refractivity (Wildman–Crippen MR) is 129 cm³/mol. The lowest BCUT2D eigenvalue weighted by Crippen LogP contribution is -2.23. The summed E-state index contributed by atoms with van der Waals surface area (Å²) in [4.78, 5) is 26.8. The van der Waals surface area contributed by atoms with Crippen LogP contribution in [0.1, 0.15) is 31.8 Å². The van der Waals surface area contributed by atoms with Crippen LogP contribution in [0.2, 0.25) is 0 Å². The van der Waals surface area contributed by atoms with E-state index in [2.05, 4.69) is 10.4 Å². The number of halogens is 1. The normalized spacial score (nSPS) is 10.7. The van der Waals surface area contributed by atoms with Crippen molar-refractivity contribution in [3.05, 3.63) is 107 Å². The third-order valence-corrected chi connectivity index (χ3v) is 5.40. The van der Waals surface area contributed by atoms with E-state index in [-0.39, 0.29) is 17.6 Å². The van der Waals surface area contributed by atoms with Crippen molar-refractivity contribution in [3.8, 4) is 16.9 Å². The molecule has 0 radical (unpaired) electrons. The first-order valence-electron chi connectivity index (χ1n) is 10.8. The number of aryl methyl sites for hydroxylation is 1. The Labute approximate surface area is 197 Å². The largest absolute Gasteiger partial charge is 0.348 e. The van der Waals surface area contributed by atoms with Gasteiger partial charge in [-0.3, -0.25) is 9.59 Å². The van der Waals surface area contributed by atoms with Crippen molar-refractivity contribution >= 4 is 11.8 Å². The predicted octanol–water partition coefficient (Wildman–Crippen LogP) is 4.62. The Hall–Kier alpha value is -4.26. The van der Waals surface area contributed by atoms with Crippen molar-refractivity contribution in [2.75, 3.05) is 14.1 Å². The highest BCUT2D eigenvalue weighted by Gasteiger charge is 2.19. The van der Waals surface area contributed by atoms with E-state index in [9.17, 15) is 14.0 Å². The smallest absolute Gasteiger partial charge is 0.255 e. The molecule has 1 heterocycles. The number of rotatable bonds is 6. The molecule has 0 fully saturated rings. The van der Waals surface area contributed by atoms with Crippen LogP contribution >= 0.6 is 0 Å². The Morgan fingerprint density at radius 3 is 2.35 bits per heavy atom. The fourth-order valence-electron chi connectivity index (χ4n) is 3.57. The molecule has 4 aromatic rings. The first kappa shape index (κ1) is 22.9. The summed E-state index contributed by atoms with van der Waals surface area (Å²) in [5.74, 6) is -0.698. The molecule has 0 aliphatic rings. The molecule has 0 atom stereocenters. The van der Waals surface area contributed by atoms with Gasteiger partial charge >= 0.3 is 0 Å². The quantitative estimate of drug-likeness (QED) is 0.460. The molecule has 2 amide bonds. The molecule has 0 saturated carbocycles. The number of carbonyl (C=O) groups excluding carboxylic acids is 2. The van der Waals surface area contributed by atoms with E-state index in [1.54, 1.807) is 49.2 Å². The second-order valence-corrected chi connectivity index (χ2v) is 8.26. The summed E-state index contributed by atoms with van der Waals surface area (Å²) in [6.45, 7) is 2.27. The van der Waals surface area contributed by atoms with Crippen LogP contribution < -0.4 is 5.32 Å². The summed E-state index contributed by atoms with van der Waals surface area (Å²) in [6.07, 6.45) is 1.65. The van der Waals surface area contributed by atoms with Gasteiger partial charge in [-0.15, -0.1) is 0 Å². The SMILES string of the molecule is Cc1cccc(-c2nn(-c3ccc(F)cc3)cc2C(=O)NCc2ccc(C(=O)N(C)C)cc2)c1. The summed E-state index contributed by atoms with van der Waals surface area (Å²) in [5, 5.41) is 7.57. The van der Waals surface area contributed by atoms with Crippen LogP contribution in [0.15, 0.2) is 79.0 Å². The topological polar surface area (TPSA) is 67.2 Å². The van der Waals surface area contributed by atoms with Gasteiger partial charge in [0.05, 0.1) is 11.3 Å². The Balaban J connectivity index is 1.59. The van der Waals surface area contributed by atoms with Gasteiger partial charge in [0, 0.05) is 38.0 Å². The summed E-state index contributed by atoms with van der Waals surface area (Å²) >= 11 is 0. The molecule has 6 nitrogen and oxygen atoms in total. The van der Waals surface area contributed by atoms with Gasteiger partial charge < -0.3 is 10.2 Å². The number of hydrogen-bond acceptors (Lipinski definition) is 3. The van der Waals surface area contributed by atoms with Crippen LogP contribution in [-0.2, 0) is 6.54 Å². The molecule has 34 heavy (non-hydrogen) atoms. The highest BCUT2D eigenvalue weighted by atomic mass is 19.1. The zero-order valence-electron chi connectivity index (χ0n) is 19.2. The summed E-state index contributed by atoms with van der Waals surface area (Å²) in [5.41, 5.74) is 4.92. The summed E-state index contributed by atoms with van der Waals surface area (Å²) in [7, 11) is 3.41. The standard InChI is InChI=1S/C27H25FN4O2/c1-18-5-4-6-21(15-18)25-24(17-32(30-25)23-13-11-22(28)12-14-23)26(33)29-16-19-7-9-20(10-8-19)27(34)31(2)3/h4-15,17H,16H2,1-3H3,(H,29,33). The lowest BCUT2D eigenvalue weighted by Gasteiger charge is -2.11. The zero-order valence-corrected chi connectivity index (χ0v) is 19.2. The fraction of sp³-hybridized carbons (Fsp3) is 0.148. The van der Waals surface area contributed by atoms with E-state index in [4.69, 9.17) is 0 Å². The van der Waals surface area contributed by atoms with Crippen molar-refractivity contribution in [1.29, 1.82) is 0 Å². The lowest BCUT2D eigenvalue weighted by atomic mass is 10.1. The number of aromatic nitrogens is 2. The van der Waals surface area contributed by atoms with E-state index >= 15 is 0 Å². The monoisotopic (exact) mass is 456 g/mol. The minimum atomic E-state index is -0.342. The van der Waals surface area contributed by atoms with Crippen LogP contribution in [0, 0.1) is 12.7 Å². The molecular formula is C27H25FN4O2. The summed E-state index contributed by atoms with van der Waals surface area (Å²) in [6, 6.07) is 20.8. The van der Waals surface area contributed by atoms with Gasteiger partial charge in [0.2, 0.25) is 0 Å². The average molecular weight is 457 g/mol. The summed E-state index contributed by atoms with van der Waals surface area (Å²) < 4.78 is 15.0. The molecule has 4 rings (SSSR count). The van der Waals surface area contributed by atoms with Crippen LogP contribution in [0.3, 0.4) is 0 Å². The lowest BCUT2D eigenvalue weighted by molar-refractivity contribution is 0.0827. The fourth-order valence-corrected chi connectivity index (χ4v) is 3.57. The number of nitrogens with one attached hydrogen (secondary N) is 1. The zero-order chi connectivity index (χ0) is 24.2. The maximum atomic E-state index is 13.4. The third kappa shape index (κ3) is 5.04. The van der Waals surface area contributed by atoms with Crippen LogP contribution in [-0.4, -0.2) is 40.6 Å². The molecule has 172 valence electrons. The molecule has 0 spiro atoms. The van der Waals surface area contributed by atoms with E-state index in [1.165, 1.54) is 17.0 Å². The first-order chi connectivity index (χ1) is 16.3. The van der Waals surface area contributed by atoms with Gasteiger partial charge in [-0.25, -0.2) is 9.07 Å². The van der Waals surface area contributed by atoms with Gasteiger partial charge in [0.15, 0.2) is 0 Å². The van der Waals surface area contributed by atoms with Crippen molar-refractivity contribution in [1.82, 2.24) is 20.0 Å². The minimum Gasteiger partial charge on any atom is -0.348 e. The molecule has 3 aromatic carbocycles. The Bertz CT molecular complexity index is 1330. The van der Waals surface area contributed by atoms with Crippen molar-refractivity contribution in [2.24, 2.45) is 0 Å². The molecule has 1 N–H and O–H groups in total. The van der Waals surface area contributed by atoms with Gasteiger partial charge in [-0.2, -0.15) is 5.10 Å². The number of nitrogens with zero attached hydrogens (tertiary/aromatic N) is 3. The second kappa shape index (κ2) is 9.70. The molecular weight excluding hydrogens is 431 g/mol. The second-order valence-electron chi connectivity index (χ2n) is 8.26. The van der Waals surface area contributed by atoms with Gasteiger partial charge in [0.25, 0.3) is 11.8 Å². The maximum absolute atomic E-state index is 13.4. The number of carbonyl (C=O) groups is 2. The molecule has 0 saturated heterocycles.